The van der Waals surface area contributed by atoms with Crippen molar-refractivity contribution < 1.29 is 14.7 Å². The second-order valence-electron chi connectivity index (χ2n) is 5.01. The van der Waals surface area contributed by atoms with Crippen molar-refractivity contribution in [2.24, 2.45) is 5.92 Å². The molecule has 0 aliphatic heterocycles. The Morgan fingerprint density at radius 3 is 2.62 bits per heavy atom. The minimum Gasteiger partial charge on any atom is -0.389 e. The SMILES string of the molecule is OC(CNOC1CCCC1)COCC1CC1. The Morgan fingerprint density at radius 1 is 1.19 bits per heavy atom. The number of hydrogen-bond donors (Lipinski definition) is 2. The van der Waals surface area contributed by atoms with Crippen LogP contribution in [0.15, 0.2) is 0 Å². The van der Waals surface area contributed by atoms with Crippen LogP contribution in [-0.4, -0.2) is 37.1 Å². The molecule has 0 bridgehead atoms. The van der Waals surface area contributed by atoms with E-state index < -0.39 is 6.10 Å². The maximum Gasteiger partial charge on any atom is 0.0920 e. The van der Waals surface area contributed by atoms with Gasteiger partial charge in [0, 0.05) is 13.2 Å². The lowest BCUT2D eigenvalue weighted by Gasteiger charge is -2.15. The van der Waals surface area contributed by atoms with Crippen molar-refractivity contribution in [2.75, 3.05) is 19.8 Å². The van der Waals surface area contributed by atoms with Crippen LogP contribution in [0.4, 0.5) is 0 Å². The molecule has 4 nitrogen and oxygen atoms in total. The second kappa shape index (κ2) is 6.55. The Hall–Kier alpha value is -0.160. The van der Waals surface area contributed by atoms with Gasteiger partial charge in [-0.25, -0.2) is 0 Å². The molecule has 94 valence electrons. The predicted molar refractivity (Wildman–Crippen MR) is 60.9 cm³/mol. The molecule has 0 amide bonds. The minimum atomic E-state index is -0.458. The van der Waals surface area contributed by atoms with Crippen molar-refractivity contribution in [2.45, 2.75) is 50.7 Å². The summed E-state index contributed by atoms with van der Waals surface area (Å²) in [5.74, 6) is 0.759. The van der Waals surface area contributed by atoms with E-state index in [1.54, 1.807) is 0 Å². The third kappa shape index (κ3) is 4.78. The van der Waals surface area contributed by atoms with Crippen LogP contribution in [0.25, 0.3) is 0 Å². The van der Waals surface area contributed by atoms with Gasteiger partial charge in [-0.15, -0.1) is 0 Å². The van der Waals surface area contributed by atoms with Crippen LogP contribution >= 0.6 is 0 Å². The van der Waals surface area contributed by atoms with E-state index in [1.807, 2.05) is 0 Å². The molecule has 0 heterocycles. The smallest absolute Gasteiger partial charge is 0.0920 e. The van der Waals surface area contributed by atoms with E-state index in [0.29, 0.717) is 19.3 Å². The number of rotatable bonds is 8. The van der Waals surface area contributed by atoms with E-state index >= 15 is 0 Å². The van der Waals surface area contributed by atoms with Crippen LogP contribution in [0.5, 0.6) is 0 Å². The van der Waals surface area contributed by atoms with Gasteiger partial charge in [0.05, 0.1) is 18.8 Å². The molecule has 2 saturated carbocycles. The molecule has 0 aromatic heterocycles. The number of aliphatic hydroxyl groups excluding tert-OH is 1. The molecule has 1 unspecified atom stereocenters. The van der Waals surface area contributed by atoms with E-state index in [2.05, 4.69) is 5.48 Å². The largest absolute Gasteiger partial charge is 0.389 e. The van der Waals surface area contributed by atoms with Crippen molar-refractivity contribution in [3.05, 3.63) is 0 Å². The zero-order chi connectivity index (χ0) is 11.2. The highest BCUT2D eigenvalue weighted by molar-refractivity contribution is 4.72. The van der Waals surface area contributed by atoms with Crippen molar-refractivity contribution in [1.82, 2.24) is 5.48 Å². The number of aliphatic hydroxyl groups is 1. The lowest BCUT2D eigenvalue weighted by molar-refractivity contribution is -0.0503. The molecule has 0 aromatic carbocycles. The average molecular weight is 229 g/mol. The monoisotopic (exact) mass is 229 g/mol. The first-order chi connectivity index (χ1) is 7.84. The first-order valence-electron chi connectivity index (χ1n) is 6.49. The van der Waals surface area contributed by atoms with Crippen LogP contribution in [0.1, 0.15) is 38.5 Å². The van der Waals surface area contributed by atoms with Gasteiger partial charge in [-0.2, -0.15) is 5.48 Å². The first-order valence-corrected chi connectivity index (χ1v) is 6.49. The first kappa shape index (κ1) is 12.3. The molecule has 2 N–H and O–H groups in total. The summed E-state index contributed by atoms with van der Waals surface area (Å²) in [5.41, 5.74) is 2.85. The highest BCUT2D eigenvalue weighted by Crippen LogP contribution is 2.28. The Labute approximate surface area is 97.3 Å². The fourth-order valence-corrected chi connectivity index (χ4v) is 1.98. The molecular formula is C12H23NO3. The van der Waals surface area contributed by atoms with Crippen LogP contribution < -0.4 is 5.48 Å². The molecule has 4 heteroatoms. The van der Waals surface area contributed by atoms with Gasteiger partial charge < -0.3 is 9.84 Å². The van der Waals surface area contributed by atoms with Gasteiger partial charge in [0.15, 0.2) is 0 Å². The maximum absolute atomic E-state index is 9.59. The highest BCUT2D eigenvalue weighted by Gasteiger charge is 2.21. The summed E-state index contributed by atoms with van der Waals surface area (Å²) < 4.78 is 5.40. The van der Waals surface area contributed by atoms with E-state index in [4.69, 9.17) is 9.57 Å². The van der Waals surface area contributed by atoms with Crippen molar-refractivity contribution in [3.8, 4) is 0 Å². The molecule has 2 rings (SSSR count). The Bertz CT molecular complexity index is 191. The molecule has 2 aliphatic carbocycles. The van der Waals surface area contributed by atoms with E-state index in [9.17, 15) is 5.11 Å². The summed E-state index contributed by atoms with van der Waals surface area (Å²) >= 11 is 0. The molecule has 16 heavy (non-hydrogen) atoms. The second-order valence-corrected chi connectivity index (χ2v) is 5.01. The fourth-order valence-electron chi connectivity index (χ4n) is 1.98. The summed E-state index contributed by atoms with van der Waals surface area (Å²) in [7, 11) is 0. The highest BCUT2D eigenvalue weighted by atomic mass is 16.7. The Morgan fingerprint density at radius 2 is 1.94 bits per heavy atom. The van der Waals surface area contributed by atoms with Crippen LogP contribution in [0.2, 0.25) is 0 Å². The summed E-state index contributed by atoms with van der Waals surface area (Å²) in [4.78, 5) is 5.45. The Balaban J connectivity index is 1.41. The van der Waals surface area contributed by atoms with E-state index in [1.165, 1.54) is 25.7 Å². The predicted octanol–water partition coefficient (Wildman–Crippen LogP) is 1.24. The fraction of sp³-hybridized carbons (Fsp3) is 1.00. The van der Waals surface area contributed by atoms with Crippen LogP contribution in [-0.2, 0) is 9.57 Å². The Kier molecular flexibility index (Phi) is 5.03. The van der Waals surface area contributed by atoms with Gasteiger partial charge in [0.2, 0.25) is 0 Å². The molecule has 0 radical (unpaired) electrons. The van der Waals surface area contributed by atoms with Gasteiger partial charge >= 0.3 is 0 Å². The third-order valence-corrected chi connectivity index (χ3v) is 3.23. The van der Waals surface area contributed by atoms with Gasteiger partial charge in [-0.3, -0.25) is 4.84 Å². The minimum absolute atomic E-state index is 0.347. The number of hydrogen-bond acceptors (Lipinski definition) is 4. The summed E-state index contributed by atoms with van der Waals surface area (Å²) in [6.45, 7) is 1.68. The van der Waals surface area contributed by atoms with Crippen molar-refractivity contribution in [1.29, 1.82) is 0 Å². The van der Waals surface area contributed by atoms with E-state index in [-0.39, 0.29) is 0 Å². The standard InChI is InChI=1S/C12H23NO3/c14-11(9-15-8-10-5-6-10)7-13-16-12-3-1-2-4-12/h10-14H,1-9H2. The molecule has 2 fully saturated rings. The normalized spacial score (nSPS) is 23.8. The molecular weight excluding hydrogens is 206 g/mol. The summed E-state index contributed by atoms with van der Waals surface area (Å²) in [6.07, 6.45) is 7.28. The van der Waals surface area contributed by atoms with E-state index in [0.717, 1.165) is 25.4 Å². The summed E-state index contributed by atoms with van der Waals surface area (Å²) in [5, 5.41) is 9.59. The zero-order valence-electron chi connectivity index (χ0n) is 9.86. The lowest BCUT2D eigenvalue weighted by atomic mass is 10.3. The molecule has 0 spiro atoms. The topological polar surface area (TPSA) is 50.7 Å². The zero-order valence-corrected chi connectivity index (χ0v) is 9.86. The quantitative estimate of drug-likeness (QED) is 0.615. The number of ether oxygens (including phenoxy) is 1. The van der Waals surface area contributed by atoms with Gasteiger partial charge in [-0.1, -0.05) is 12.8 Å². The summed E-state index contributed by atoms with van der Waals surface area (Å²) in [6, 6.07) is 0. The molecule has 0 saturated heterocycles. The maximum atomic E-state index is 9.59. The molecule has 2 aliphatic rings. The third-order valence-electron chi connectivity index (χ3n) is 3.23. The average Bonchev–Trinajstić information content (AvgIpc) is 2.94. The van der Waals surface area contributed by atoms with Gasteiger partial charge in [0.1, 0.15) is 0 Å². The van der Waals surface area contributed by atoms with Gasteiger partial charge in [-0.05, 0) is 31.6 Å². The van der Waals surface area contributed by atoms with Crippen LogP contribution in [0.3, 0.4) is 0 Å². The van der Waals surface area contributed by atoms with Crippen LogP contribution in [0, 0.1) is 5.92 Å². The molecule has 0 aromatic rings. The molecule has 1 atom stereocenters. The number of nitrogens with one attached hydrogen (secondary N) is 1. The van der Waals surface area contributed by atoms with Gasteiger partial charge in [0.25, 0.3) is 0 Å². The van der Waals surface area contributed by atoms with Crippen molar-refractivity contribution in [3.63, 3.8) is 0 Å². The van der Waals surface area contributed by atoms with Crippen molar-refractivity contribution >= 4 is 0 Å². The number of hydroxylamine groups is 1. The lowest BCUT2D eigenvalue weighted by Crippen LogP contribution is -2.33.